The molecule has 0 bridgehead atoms. The Morgan fingerprint density at radius 1 is 1.07 bits per heavy atom. The summed E-state index contributed by atoms with van der Waals surface area (Å²) in [6.45, 7) is 0. The van der Waals surface area contributed by atoms with E-state index in [4.69, 9.17) is 4.74 Å². The first-order chi connectivity index (χ1) is 13.4. The van der Waals surface area contributed by atoms with Gasteiger partial charge in [-0.25, -0.2) is 0 Å². The van der Waals surface area contributed by atoms with Gasteiger partial charge in [-0.1, -0.05) is 23.5 Å². The summed E-state index contributed by atoms with van der Waals surface area (Å²) in [4.78, 5) is 12.4. The van der Waals surface area contributed by atoms with Gasteiger partial charge in [0.25, 0.3) is 5.91 Å². The molecule has 3 aromatic rings. The van der Waals surface area contributed by atoms with Crippen molar-refractivity contribution in [2.45, 2.75) is 24.9 Å². The minimum Gasteiger partial charge on any atom is -0.457 e. The van der Waals surface area contributed by atoms with Crippen LogP contribution in [-0.4, -0.2) is 16.1 Å². The van der Waals surface area contributed by atoms with Gasteiger partial charge in [-0.15, -0.1) is 10.2 Å². The van der Waals surface area contributed by atoms with Crippen molar-refractivity contribution in [3.63, 3.8) is 0 Å². The Kier molecular flexibility index (Phi) is 4.76. The van der Waals surface area contributed by atoms with Crippen LogP contribution < -0.4 is 10.1 Å². The molecular weight excluding hydrogens is 391 g/mol. The van der Waals surface area contributed by atoms with Gasteiger partial charge in [-0.3, -0.25) is 10.1 Å². The molecule has 1 amide bonds. The molecule has 0 aliphatic heterocycles. The van der Waals surface area contributed by atoms with Crippen molar-refractivity contribution in [1.82, 2.24) is 10.2 Å². The summed E-state index contributed by atoms with van der Waals surface area (Å²) in [7, 11) is 0. The Bertz CT molecular complexity index is 1020. The van der Waals surface area contributed by atoms with Gasteiger partial charge in [0, 0.05) is 11.5 Å². The lowest BCUT2D eigenvalue weighted by molar-refractivity contribution is -0.137. The predicted octanol–water partition coefficient (Wildman–Crippen LogP) is 5.48. The van der Waals surface area contributed by atoms with E-state index in [0.29, 0.717) is 16.6 Å². The SMILES string of the molecule is O=C(Nc1nnc(C2CC2)s1)c1cccc(Oc2cccc(C(F)(F)F)c2)c1. The number of anilines is 1. The number of alkyl halides is 3. The molecule has 0 radical (unpaired) electrons. The van der Waals surface area contributed by atoms with Crippen LogP contribution in [0, 0.1) is 0 Å². The third-order valence-corrected chi connectivity index (χ3v) is 5.08. The van der Waals surface area contributed by atoms with Gasteiger partial charge in [0.15, 0.2) is 0 Å². The number of hydrogen-bond donors (Lipinski definition) is 1. The van der Waals surface area contributed by atoms with Crippen molar-refractivity contribution in [1.29, 1.82) is 0 Å². The van der Waals surface area contributed by atoms with E-state index in [2.05, 4.69) is 15.5 Å². The zero-order valence-electron chi connectivity index (χ0n) is 14.4. The van der Waals surface area contributed by atoms with E-state index >= 15 is 0 Å². The lowest BCUT2D eigenvalue weighted by atomic mass is 10.2. The molecule has 4 rings (SSSR count). The minimum absolute atomic E-state index is 0.0329. The molecule has 1 aromatic heterocycles. The van der Waals surface area contributed by atoms with Crippen molar-refractivity contribution >= 4 is 22.4 Å². The van der Waals surface area contributed by atoms with Gasteiger partial charge in [-0.2, -0.15) is 13.2 Å². The first-order valence-corrected chi connectivity index (χ1v) is 9.30. The summed E-state index contributed by atoms with van der Waals surface area (Å²) in [6, 6.07) is 10.8. The highest BCUT2D eigenvalue weighted by Gasteiger charge is 2.30. The van der Waals surface area contributed by atoms with E-state index in [9.17, 15) is 18.0 Å². The topological polar surface area (TPSA) is 64.1 Å². The molecule has 0 spiro atoms. The second-order valence-electron chi connectivity index (χ2n) is 6.33. The summed E-state index contributed by atoms with van der Waals surface area (Å²) in [5, 5.41) is 12.0. The highest BCUT2D eigenvalue weighted by atomic mass is 32.1. The highest BCUT2D eigenvalue weighted by Crippen LogP contribution is 2.42. The summed E-state index contributed by atoms with van der Waals surface area (Å²) < 4.78 is 44.0. The average molecular weight is 405 g/mol. The Hall–Kier alpha value is -2.94. The van der Waals surface area contributed by atoms with Crippen LogP contribution in [0.3, 0.4) is 0 Å². The molecule has 9 heteroatoms. The van der Waals surface area contributed by atoms with Crippen LogP contribution >= 0.6 is 11.3 Å². The summed E-state index contributed by atoms with van der Waals surface area (Å²) in [6.07, 6.45) is -2.27. The molecule has 1 saturated carbocycles. The maximum Gasteiger partial charge on any atom is 0.416 e. The van der Waals surface area contributed by atoms with Crippen molar-refractivity contribution in [2.24, 2.45) is 0 Å². The molecule has 1 aliphatic carbocycles. The van der Waals surface area contributed by atoms with E-state index in [0.717, 1.165) is 30.0 Å². The Morgan fingerprint density at radius 3 is 2.50 bits per heavy atom. The lowest BCUT2D eigenvalue weighted by Crippen LogP contribution is -2.11. The molecule has 2 aromatic carbocycles. The minimum atomic E-state index is -4.46. The maximum absolute atomic E-state index is 12.8. The number of nitrogens with zero attached hydrogens (tertiary/aromatic N) is 2. The molecule has 1 fully saturated rings. The third-order valence-electron chi connectivity index (χ3n) is 4.08. The largest absolute Gasteiger partial charge is 0.457 e. The first kappa shape index (κ1) is 18.4. The first-order valence-electron chi connectivity index (χ1n) is 8.48. The fourth-order valence-corrected chi connectivity index (χ4v) is 3.43. The third kappa shape index (κ3) is 4.30. The fraction of sp³-hybridized carbons (Fsp3) is 0.211. The molecule has 0 atom stereocenters. The van der Waals surface area contributed by atoms with Gasteiger partial charge < -0.3 is 4.74 Å². The Labute approximate surface area is 162 Å². The average Bonchev–Trinajstić information content (AvgIpc) is 3.41. The smallest absolute Gasteiger partial charge is 0.416 e. The second-order valence-corrected chi connectivity index (χ2v) is 7.34. The maximum atomic E-state index is 12.8. The predicted molar refractivity (Wildman–Crippen MR) is 97.8 cm³/mol. The lowest BCUT2D eigenvalue weighted by Gasteiger charge is -2.10. The molecule has 144 valence electrons. The summed E-state index contributed by atoms with van der Waals surface area (Å²) in [5.41, 5.74) is -0.505. The van der Waals surface area contributed by atoms with Crippen molar-refractivity contribution in [3.8, 4) is 11.5 Å². The second kappa shape index (κ2) is 7.23. The van der Waals surface area contributed by atoms with E-state index in [-0.39, 0.29) is 11.5 Å². The van der Waals surface area contributed by atoms with Crippen molar-refractivity contribution < 1.29 is 22.7 Å². The van der Waals surface area contributed by atoms with Gasteiger partial charge in [0.1, 0.15) is 16.5 Å². The molecule has 0 saturated heterocycles. The number of carbonyl (C=O) groups excluding carboxylic acids is 1. The molecular formula is C19H14F3N3O2S. The number of amides is 1. The van der Waals surface area contributed by atoms with E-state index in [1.54, 1.807) is 18.2 Å². The summed E-state index contributed by atoms with van der Waals surface area (Å²) in [5.74, 6) is 0.342. The summed E-state index contributed by atoms with van der Waals surface area (Å²) >= 11 is 1.35. The van der Waals surface area contributed by atoms with Crippen molar-refractivity contribution in [3.05, 3.63) is 64.7 Å². The van der Waals surface area contributed by atoms with Crippen LogP contribution in [0.2, 0.25) is 0 Å². The number of rotatable bonds is 5. The Morgan fingerprint density at radius 2 is 1.79 bits per heavy atom. The number of benzene rings is 2. The number of hydrogen-bond acceptors (Lipinski definition) is 5. The molecule has 28 heavy (non-hydrogen) atoms. The number of carbonyl (C=O) groups is 1. The van der Waals surface area contributed by atoms with Gasteiger partial charge in [-0.05, 0) is 49.2 Å². The molecule has 5 nitrogen and oxygen atoms in total. The van der Waals surface area contributed by atoms with Crippen LogP contribution in [0.4, 0.5) is 18.3 Å². The Balaban J connectivity index is 1.47. The molecule has 1 aliphatic rings. The van der Waals surface area contributed by atoms with Crippen LogP contribution in [0.15, 0.2) is 48.5 Å². The standard InChI is InChI=1S/C19H14F3N3O2S/c20-19(21,22)13-4-2-6-15(10-13)27-14-5-1-3-12(9-14)16(26)23-18-25-24-17(28-18)11-7-8-11/h1-6,9-11H,7-8H2,(H,23,25,26). The normalized spacial score (nSPS) is 14.0. The molecule has 1 N–H and O–H groups in total. The fourth-order valence-electron chi connectivity index (χ4n) is 2.52. The van der Waals surface area contributed by atoms with Crippen LogP contribution in [-0.2, 0) is 6.18 Å². The monoisotopic (exact) mass is 405 g/mol. The molecule has 1 heterocycles. The van der Waals surface area contributed by atoms with Crippen LogP contribution in [0.1, 0.15) is 39.7 Å². The van der Waals surface area contributed by atoms with Crippen LogP contribution in [0.25, 0.3) is 0 Å². The molecule has 0 unspecified atom stereocenters. The number of halogens is 3. The van der Waals surface area contributed by atoms with Gasteiger partial charge in [0.2, 0.25) is 5.13 Å². The number of aromatic nitrogens is 2. The zero-order chi connectivity index (χ0) is 19.7. The highest BCUT2D eigenvalue weighted by molar-refractivity contribution is 7.15. The van der Waals surface area contributed by atoms with Crippen molar-refractivity contribution in [2.75, 3.05) is 5.32 Å². The van der Waals surface area contributed by atoms with E-state index in [1.807, 2.05) is 0 Å². The zero-order valence-corrected chi connectivity index (χ0v) is 15.2. The number of ether oxygens (including phenoxy) is 1. The number of nitrogens with one attached hydrogen (secondary N) is 1. The quantitative estimate of drug-likeness (QED) is 0.611. The van der Waals surface area contributed by atoms with Gasteiger partial charge >= 0.3 is 6.18 Å². The van der Waals surface area contributed by atoms with Gasteiger partial charge in [0.05, 0.1) is 5.56 Å². The van der Waals surface area contributed by atoms with Crippen LogP contribution in [0.5, 0.6) is 11.5 Å². The van der Waals surface area contributed by atoms with E-state index in [1.165, 1.54) is 29.5 Å². The van der Waals surface area contributed by atoms with E-state index < -0.39 is 17.6 Å².